The SMILES string of the molecule is O=C(O)C1(c2cnc(C3CC3)s2)CC1. The third-order valence-electron chi connectivity index (χ3n) is 3.08. The molecule has 0 spiro atoms. The number of aliphatic carboxylic acids is 1. The lowest BCUT2D eigenvalue weighted by Gasteiger charge is -2.04. The highest BCUT2D eigenvalue weighted by molar-refractivity contribution is 7.12. The average molecular weight is 209 g/mol. The molecular weight excluding hydrogens is 198 g/mol. The number of aromatic nitrogens is 1. The van der Waals surface area contributed by atoms with Crippen molar-refractivity contribution in [3.8, 4) is 0 Å². The molecule has 2 fully saturated rings. The van der Waals surface area contributed by atoms with E-state index in [1.54, 1.807) is 17.5 Å². The van der Waals surface area contributed by atoms with Crippen LogP contribution in [0.5, 0.6) is 0 Å². The molecule has 3 nitrogen and oxygen atoms in total. The van der Waals surface area contributed by atoms with Gasteiger partial charge in [0, 0.05) is 17.0 Å². The molecule has 0 unspecified atom stereocenters. The van der Waals surface area contributed by atoms with Crippen molar-refractivity contribution < 1.29 is 9.90 Å². The molecule has 3 rings (SSSR count). The van der Waals surface area contributed by atoms with Gasteiger partial charge in [0.1, 0.15) is 5.41 Å². The Kier molecular flexibility index (Phi) is 1.54. The van der Waals surface area contributed by atoms with Crippen LogP contribution in [0.1, 0.15) is 41.5 Å². The first-order chi connectivity index (χ1) is 6.72. The smallest absolute Gasteiger partial charge is 0.315 e. The number of carboxylic acid groups (broad SMARTS) is 1. The van der Waals surface area contributed by atoms with E-state index in [4.69, 9.17) is 5.11 Å². The van der Waals surface area contributed by atoms with Crippen molar-refractivity contribution in [2.45, 2.75) is 37.0 Å². The molecule has 4 heteroatoms. The van der Waals surface area contributed by atoms with E-state index in [0.717, 1.165) is 22.7 Å². The van der Waals surface area contributed by atoms with Gasteiger partial charge in [-0.3, -0.25) is 4.79 Å². The molecule has 1 N–H and O–H groups in total. The van der Waals surface area contributed by atoms with Crippen LogP contribution in [0, 0.1) is 0 Å². The maximum atomic E-state index is 11.1. The first-order valence-corrected chi connectivity index (χ1v) is 5.74. The van der Waals surface area contributed by atoms with E-state index in [1.165, 1.54) is 12.8 Å². The minimum Gasteiger partial charge on any atom is -0.481 e. The fraction of sp³-hybridized carbons (Fsp3) is 0.600. The van der Waals surface area contributed by atoms with Crippen LogP contribution in [0.4, 0.5) is 0 Å². The summed E-state index contributed by atoms with van der Waals surface area (Å²) in [6, 6.07) is 0. The number of thiazole rings is 1. The third-order valence-corrected chi connectivity index (χ3v) is 4.45. The van der Waals surface area contributed by atoms with E-state index >= 15 is 0 Å². The fourth-order valence-corrected chi connectivity index (χ4v) is 3.04. The number of nitrogens with zero attached hydrogens (tertiary/aromatic N) is 1. The van der Waals surface area contributed by atoms with Crippen LogP contribution < -0.4 is 0 Å². The van der Waals surface area contributed by atoms with Gasteiger partial charge in [-0.05, 0) is 25.7 Å². The summed E-state index contributed by atoms with van der Waals surface area (Å²) in [6.07, 6.45) is 5.81. The molecule has 0 saturated heterocycles. The zero-order valence-electron chi connectivity index (χ0n) is 7.69. The standard InChI is InChI=1S/C10H11NO2S/c12-9(13)10(3-4-10)7-5-11-8(14-7)6-1-2-6/h5-6H,1-4H2,(H,12,13). The van der Waals surface area contributed by atoms with Crippen molar-refractivity contribution in [1.29, 1.82) is 0 Å². The third kappa shape index (κ3) is 1.10. The van der Waals surface area contributed by atoms with Crippen LogP contribution in [-0.2, 0) is 10.2 Å². The van der Waals surface area contributed by atoms with Crippen molar-refractivity contribution in [2.75, 3.05) is 0 Å². The van der Waals surface area contributed by atoms with Gasteiger partial charge in [0.15, 0.2) is 0 Å². The van der Waals surface area contributed by atoms with Gasteiger partial charge in [-0.2, -0.15) is 0 Å². The predicted octanol–water partition coefficient (Wildman–Crippen LogP) is 2.14. The molecule has 0 amide bonds. The molecule has 2 aliphatic rings. The quantitative estimate of drug-likeness (QED) is 0.829. The molecule has 74 valence electrons. The molecule has 14 heavy (non-hydrogen) atoms. The Bertz CT molecular complexity index is 391. The Hall–Kier alpha value is -0.900. The molecule has 0 aromatic carbocycles. The topological polar surface area (TPSA) is 50.2 Å². The van der Waals surface area contributed by atoms with Gasteiger partial charge >= 0.3 is 5.97 Å². The molecule has 0 aliphatic heterocycles. The lowest BCUT2D eigenvalue weighted by atomic mass is 10.1. The number of carbonyl (C=O) groups is 1. The van der Waals surface area contributed by atoms with Crippen LogP contribution in [0.2, 0.25) is 0 Å². The molecule has 2 aliphatic carbocycles. The predicted molar refractivity (Wildman–Crippen MR) is 52.6 cm³/mol. The van der Waals surface area contributed by atoms with Crippen molar-refractivity contribution in [3.05, 3.63) is 16.1 Å². The minimum absolute atomic E-state index is 0.551. The zero-order valence-corrected chi connectivity index (χ0v) is 8.51. The summed E-state index contributed by atoms with van der Waals surface area (Å²) >= 11 is 1.61. The molecule has 0 bridgehead atoms. The molecule has 2 saturated carbocycles. The van der Waals surface area contributed by atoms with Crippen molar-refractivity contribution in [1.82, 2.24) is 4.98 Å². The summed E-state index contributed by atoms with van der Waals surface area (Å²) in [4.78, 5) is 16.3. The van der Waals surface area contributed by atoms with Crippen molar-refractivity contribution in [3.63, 3.8) is 0 Å². The van der Waals surface area contributed by atoms with Gasteiger partial charge in [0.2, 0.25) is 0 Å². The Balaban J connectivity index is 1.92. The van der Waals surface area contributed by atoms with E-state index in [9.17, 15) is 4.79 Å². The van der Waals surface area contributed by atoms with Gasteiger partial charge in [0.05, 0.1) is 5.01 Å². The van der Waals surface area contributed by atoms with E-state index < -0.39 is 11.4 Å². The van der Waals surface area contributed by atoms with Crippen LogP contribution >= 0.6 is 11.3 Å². The maximum absolute atomic E-state index is 11.1. The van der Waals surface area contributed by atoms with Crippen molar-refractivity contribution >= 4 is 17.3 Å². The van der Waals surface area contributed by atoms with Gasteiger partial charge in [-0.25, -0.2) is 4.98 Å². The second-order valence-electron chi connectivity index (χ2n) is 4.22. The van der Waals surface area contributed by atoms with Crippen LogP contribution in [0.15, 0.2) is 6.20 Å². The van der Waals surface area contributed by atoms with Crippen LogP contribution in [-0.4, -0.2) is 16.1 Å². The number of hydrogen-bond donors (Lipinski definition) is 1. The largest absolute Gasteiger partial charge is 0.481 e. The Morgan fingerprint density at radius 2 is 2.29 bits per heavy atom. The van der Waals surface area contributed by atoms with E-state index in [-0.39, 0.29) is 0 Å². The van der Waals surface area contributed by atoms with Crippen LogP contribution in [0.25, 0.3) is 0 Å². The van der Waals surface area contributed by atoms with E-state index in [1.807, 2.05) is 0 Å². The highest BCUT2D eigenvalue weighted by Crippen LogP contribution is 2.52. The minimum atomic E-state index is -0.677. The summed E-state index contributed by atoms with van der Waals surface area (Å²) < 4.78 is 0. The highest BCUT2D eigenvalue weighted by Gasteiger charge is 2.53. The van der Waals surface area contributed by atoms with Gasteiger partial charge in [-0.15, -0.1) is 11.3 Å². The van der Waals surface area contributed by atoms with Crippen molar-refractivity contribution in [2.24, 2.45) is 0 Å². The molecule has 1 aromatic heterocycles. The normalized spacial score (nSPS) is 23.4. The zero-order chi connectivity index (χ0) is 9.76. The van der Waals surface area contributed by atoms with Gasteiger partial charge in [0.25, 0.3) is 0 Å². The fourth-order valence-electron chi connectivity index (χ4n) is 1.72. The molecule has 1 aromatic rings. The lowest BCUT2D eigenvalue weighted by Crippen LogP contribution is -2.17. The summed E-state index contributed by atoms with van der Waals surface area (Å²) in [5.74, 6) is -0.0400. The number of carboxylic acids is 1. The first kappa shape index (κ1) is 8.41. The summed E-state index contributed by atoms with van der Waals surface area (Å²) in [7, 11) is 0. The summed E-state index contributed by atoms with van der Waals surface area (Å²) in [5.41, 5.74) is -0.551. The Morgan fingerprint density at radius 3 is 2.79 bits per heavy atom. The molecule has 1 heterocycles. The summed E-state index contributed by atoms with van der Waals surface area (Å²) in [6.45, 7) is 0. The maximum Gasteiger partial charge on any atom is 0.315 e. The van der Waals surface area contributed by atoms with E-state index in [2.05, 4.69) is 4.98 Å². The monoisotopic (exact) mass is 209 g/mol. The first-order valence-electron chi connectivity index (χ1n) is 4.92. The lowest BCUT2D eigenvalue weighted by molar-refractivity contribution is -0.139. The van der Waals surface area contributed by atoms with Gasteiger partial charge < -0.3 is 5.11 Å². The molecule has 0 atom stereocenters. The second-order valence-corrected chi connectivity index (χ2v) is 5.29. The average Bonchev–Trinajstić information content (AvgIpc) is 3.06. The molecule has 0 radical (unpaired) electrons. The Morgan fingerprint density at radius 1 is 1.57 bits per heavy atom. The summed E-state index contributed by atoms with van der Waals surface area (Å²) in [5, 5.41) is 10.2. The van der Waals surface area contributed by atoms with E-state index in [0.29, 0.717) is 5.92 Å². The Labute approximate surface area is 85.8 Å². The number of hydrogen-bond acceptors (Lipinski definition) is 3. The van der Waals surface area contributed by atoms with Gasteiger partial charge in [-0.1, -0.05) is 0 Å². The molecular formula is C10H11NO2S. The van der Waals surface area contributed by atoms with Crippen LogP contribution in [0.3, 0.4) is 0 Å². The number of rotatable bonds is 3. The highest BCUT2D eigenvalue weighted by atomic mass is 32.1. The second kappa shape index (κ2) is 2.57.